The number of amides is 1. The van der Waals surface area contributed by atoms with Gasteiger partial charge in [0.2, 0.25) is 5.91 Å². The van der Waals surface area contributed by atoms with Crippen LogP contribution in [0.2, 0.25) is 5.02 Å². The summed E-state index contributed by atoms with van der Waals surface area (Å²) in [5.41, 5.74) is 6.12. The number of rotatable bonds is 4. The number of hydrogen-bond donors (Lipinski definition) is 2. The molecule has 0 fully saturated rings. The van der Waals surface area contributed by atoms with Crippen LogP contribution in [-0.4, -0.2) is 21.4 Å². The maximum absolute atomic E-state index is 12.3. The summed E-state index contributed by atoms with van der Waals surface area (Å²) < 4.78 is 12.3. The molecule has 0 aliphatic carbocycles. The van der Waals surface area contributed by atoms with Gasteiger partial charge in [0.15, 0.2) is 0 Å². The van der Waals surface area contributed by atoms with Crippen molar-refractivity contribution in [2.75, 3.05) is 5.73 Å². The molecule has 1 amide bonds. The topological polar surface area (TPSA) is 72.2 Å². The van der Waals surface area contributed by atoms with E-state index < -0.39 is 16.0 Å². The molecule has 0 heterocycles. The van der Waals surface area contributed by atoms with Crippen molar-refractivity contribution in [2.24, 2.45) is 0 Å². The van der Waals surface area contributed by atoms with Gasteiger partial charge in [-0.05, 0) is 39.0 Å². The van der Waals surface area contributed by atoms with E-state index in [-0.39, 0.29) is 11.9 Å². The summed E-state index contributed by atoms with van der Waals surface area (Å²) in [5, 5.41) is 2.50. The van der Waals surface area contributed by atoms with Crippen LogP contribution in [0.3, 0.4) is 0 Å². The van der Waals surface area contributed by atoms with Crippen LogP contribution in [0.5, 0.6) is 0 Å². The first-order chi connectivity index (χ1) is 8.32. The highest BCUT2D eigenvalue weighted by Crippen LogP contribution is 2.23. The lowest BCUT2D eigenvalue weighted by Gasteiger charge is -2.15. The summed E-state index contributed by atoms with van der Waals surface area (Å²) in [6, 6.07) is 4.75. The summed E-state index contributed by atoms with van der Waals surface area (Å²) in [6.07, 6.45) is 0. The second-order valence-corrected chi connectivity index (χ2v) is 6.46. The smallest absolute Gasteiger partial charge is 0.236 e. The highest BCUT2D eigenvalue weighted by atomic mass is 35.5. The van der Waals surface area contributed by atoms with Gasteiger partial charge in [0.1, 0.15) is 5.25 Å². The maximum atomic E-state index is 12.3. The van der Waals surface area contributed by atoms with E-state index >= 15 is 0 Å². The Morgan fingerprint density at radius 2 is 2.00 bits per heavy atom. The molecule has 0 bridgehead atoms. The molecule has 0 saturated heterocycles. The second-order valence-electron chi connectivity index (χ2n) is 4.29. The van der Waals surface area contributed by atoms with Gasteiger partial charge in [-0.25, -0.2) is 0 Å². The maximum Gasteiger partial charge on any atom is 0.236 e. The van der Waals surface area contributed by atoms with Crippen molar-refractivity contribution in [3.8, 4) is 0 Å². The van der Waals surface area contributed by atoms with Gasteiger partial charge in [0.05, 0.1) is 15.7 Å². The number of nitrogens with one attached hydrogen (secondary N) is 1. The van der Waals surface area contributed by atoms with Crippen LogP contribution in [0.25, 0.3) is 0 Å². The lowest BCUT2D eigenvalue weighted by Crippen LogP contribution is -2.39. The number of nitrogen functional groups attached to an aromatic ring is 1. The third-order valence-corrected chi connectivity index (χ3v) is 4.19. The van der Waals surface area contributed by atoms with Crippen molar-refractivity contribution in [2.45, 2.75) is 37.0 Å². The van der Waals surface area contributed by atoms with Crippen molar-refractivity contribution in [3.05, 3.63) is 23.2 Å². The molecule has 1 rings (SSSR count). The van der Waals surface area contributed by atoms with Gasteiger partial charge in [-0.2, -0.15) is 0 Å². The Morgan fingerprint density at radius 3 is 2.56 bits per heavy atom. The van der Waals surface area contributed by atoms with E-state index in [1.54, 1.807) is 19.1 Å². The number of nitrogens with two attached hydrogens (primary N) is 1. The van der Waals surface area contributed by atoms with Crippen LogP contribution < -0.4 is 11.1 Å². The average Bonchev–Trinajstić information content (AvgIpc) is 2.29. The average molecular weight is 289 g/mol. The number of benzene rings is 1. The first-order valence-electron chi connectivity index (χ1n) is 5.59. The van der Waals surface area contributed by atoms with Gasteiger partial charge in [0, 0.05) is 16.8 Å². The molecule has 4 nitrogen and oxygen atoms in total. The number of hydrogen-bond acceptors (Lipinski definition) is 3. The van der Waals surface area contributed by atoms with Crippen LogP contribution in [0.4, 0.5) is 5.69 Å². The Kier molecular flexibility index (Phi) is 5.16. The Bertz CT molecular complexity index is 477. The first-order valence-corrected chi connectivity index (χ1v) is 7.18. The molecule has 0 aromatic heterocycles. The third kappa shape index (κ3) is 3.71. The van der Waals surface area contributed by atoms with Crippen molar-refractivity contribution >= 4 is 34.0 Å². The molecule has 0 saturated carbocycles. The fourth-order valence-corrected chi connectivity index (χ4v) is 2.80. The summed E-state index contributed by atoms with van der Waals surface area (Å²) in [7, 11) is -1.52. The fourth-order valence-electron chi connectivity index (χ4n) is 1.37. The fraction of sp³-hybridized carbons (Fsp3) is 0.417. The monoisotopic (exact) mass is 288 g/mol. The summed E-state index contributed by atoms with van der Waals surface area (Å²) in [5.74, 6) is -0.261. The van der Waals surface area contributed by atoms with E-state index in [1.165, 1.54) is 6.07 Å². The van der Waals surface area contributed by atoms with Crippen LogP contribution in [0, 0.1) is 0 Å². The molecule has 18 heavy (non-hydrogen) atoms. The number of carbonyl (C=O) groups excluding carboxylic acids is 1. The predicted octanol–water partition coefficient (Wildman–Crippen LogP) is 1.94. The SMILES string of the molecule is CC(C)NC(=O)C(C)S(=O)c1cc(Cl)ccc1N. The summed E-state index contributed by atoms with van der Waals surface area (Å²) >= 11 is 5.84. The number of anilines is 1. The highest BCUT2D eigenvalue weighted by Gasteiger charge is 2.23. The molecule has 0 aliphatic heterocycles. The van der Waals surface area contributed by atoms with E-state index in [2.05, 4.69) is 5.32 Å². The summed E-state index contributed by atoms with van der Waals surface area (Å²) in [6.45, 7) is 5.30. The third-order valence-electron chi connectivity index (χ3n) is 2.31. The lowest BCUT2D eigenvalue weighted by atomic mass is 10.3. The molecule has 0 radical (unpaired) electrons. The van der Waals surface area contributed by atoms with E-state index in [0.29, 0.717) is 15.6 Å². The lowest BCUT2D eigenvalue weighted by molar-refractivity contribution is -0.120. The van der Waals surface area contributed by atoms with Gasteiger partial charge >= 0.3 is 0 Å². The quantitative estimate of drug-likeness (QED) is 0.832. The van der Waals surface area contributed by atoms with E-state index in [9.17, 15) is 9.00 Å². The molecule has 0 aliphatic rings. The van der Waals surface area contributed by atoms with E-state index in [0.717, 1.165) is 0 Å². The molecule has 6 heteroatoms. The Labute approximate surface area is 114 Å². The Morgan fingerprint density at radius 1 is 1.39 bits per heavy atom. The van der Waals surface area contributed by atoms with Crippen molar-refractivity contribution in [3.63, 3.8) is 0 Å². The summed E-state index contributed by atoms with van der Waals surface area (Å²) in [4.78, 5) is 12.2. The second kappa shape index (κ2) is 6.20. The van der Waals surface area contributed by atoms with Gasteiger partial charge in [-0.3, -0.25) is 9.00 Å². The normalized spacial score (nSPS) is 14.3. The largest absolute Gasteiger partial charge is 0.398 e. The minimum atomic E-state index is -1.52. The molecule has 2 unspecified atom stereocenters. The van der Waals surface area contributed by atoms with Gasteiger partial charge in [-0.15, -0.1) is 0 Å². The van der Waals surface area contributed by atoms with Crippen molar-refractivity contribution < 1.29 is 9.00 Å². The molecule has 100 valence electrons. The zero-order chi connectivity index (χ0) is 13.9. The van der Waals surface area contributed by atoms with Gasteiger partial charge < -0.3 is 11.1 Å². The first kappa shape index (κ1) is 15.0. The Balaban J connectivity index is 2.93. The van der Waals surface area contributed by atoms with Crippen LogP contribution in [-0.2, 0) is 15.6 Å². The molecule has 2 atom stereocenters. The zero-order valence-corrected chi connectivity index (χ0v) is 12.1. The predicted molar refractivity (Wildman–Crippen MR) is 75.0 cm³/mol. The number of halogens is 1. The molecule has 0 spiro atoms. The minimum Gasteiger partial charge on any atom is -0.398 e. The molecule has 3 N–H and O–H groups in total. The Hall–Kier alpha value is -1.07. The van der Waals surface area contributed by atoms with Crippen LogP contribution in [0.15, 0.2) is 23.1 Å². The van der Waals surface area contributed by atoms with Crippen molar-refractivity contribution in [1.29, 1.82) is 0 Å². The molecule has 1 aromatic rings. The molecular weight excluding hydrogens is 272 g/mol. The van der Waals surface area contributed by atoms with Gasteiger partial charge in [0.25, 0.3) is 0 Å². The number of carbonyl (C=O) groups is 1. The molecular formula is C12H17ClN2O2S. The highest BCUT2D eigenvalue weighted by molar-refractivity contribution is 7.86. The van der Waals surface area contributed by atoms with E-state index in [4.69, 9.17) is 17.3 Å². The zero-order valence-electron chi connectivity index (χ0n) is 10.6. The van der Waals surface area contributed by atoms with E-state index in [1.807, 2.05) is 13.8 Å². The minimum absolute atomic E-state index is 0.00802. The van der Waals surface area contributed by atoms with Crippen molar-refractivity contribution in [1.82, 2.24) is 5.32 Å². The van der Waals surface area contributed by atoms with Crippen LogP contribution in [0.1, 0.15) is 20.8 Å². The standard InChI is InChI=1S/C12H17ClN2O2S/c1-7(2)15-12(16)8(3)18(17)11-6-9(13)4-5-10(11)14/h4-8H,14H2,1-3H3,(H,15,16). The van der Waals surface area contributed by atoms with Gasteiger partial charge in [-0.1, -0.05) is 11.6 Å². The van der Waals surface area contributed by atoms with Crippen LogP contribution >= 0.6 is 11.6 Å². The molecule has 1 aromatic carbocycles.